The summed E-state index contributed by atoms with van der Waals surface area (Å²) >= 11 is 0. The SMILES string of the molecule is Cn1nc(-c2cc3n(c(=O)c2)C[C@@H]2CNC[C@H]3C2)nc1C1CC1. The zero-order valence-electron chi connectivity index (χ0n) is 13.3. The highest BCUT2D eigenvalue weighted by atomic mass is 16.1. The lowest BCUT2D eigenvalue weighted by atomic mass is 9.84. The highest BCUT2D eigenvalue weighted by Crippen LogP contribution is 2.39. The van der Waals surface area contributed by atoms with Crippen LogP contribution in [0.3, 0.4) is 0 Å². The molecule has 6 heteroatoms. The van der Waals surface area contributed by atoms with Gasteiger partial charge in [0.05, 0.1) is 0 Å². The van der Waals surface area contributed by atoms with Gasteiger partial charge in [0.15, 0.2) is 5.82 Å². The van der Waals surface area contributed by atoms with Crippen LogP contribution in [-0.2, 0) is 13.6 Å². The Bertz CT molecular complexity index is 832. The van der Waals surface area contributed by atoms with Crippen LogP contribution < -0.4 is 10.9 Å². The topological polar surface area (TPSA) is 64.7 Å². The Morgan fingerprint density at radius 2 is 2.09 bits per heavy atom. The lowest BCUT2D eigenvalue weighted by Gasteiger charge is -2.37. The smallest absolute Gasteiger partial charge is 0.251 e. The second-order valence-corrected chi connectivity index (χ2v) is 7.27. The van der Waals surface area contributed by atoms with Gasteiger partial charge in [-0.1, -0.05) is 0 Å². The molecule has 0 aromatic carbocycles. The summed E-state index contributed by atoms with van der Waals surface area (Å²) in [5.74, 6) is 3.32. The van der Waals surface area contributed by atoms with Crippen LogP contribution in [0.5, 0.6) is 0 Å². The van der Waals surface area contributed by atoms with E-state index in [4.69, 9.17) is 4.98 Å². The van der Waals surface area contributed by atoms with Crippen molar-refractivity contribution in [2.24, 2.45) is 13.0 Å². The molecular weight excluding hydrogens is 290 g/mol. The van der Waals surface area contributed by atoms with Gasteiger partial charge in [-0.2, -0.15) is 5.10 Å². The maximum Gasteiger partial charge on any atom is 0.251 e. The van der Waals surface area contributed by atoms with Gasteiger partial charge in [-0.3, -0.25) is 9.48 Å². The van der Waals surface area contributed by atoms with E-state index in [1.54, 1.807) is 6.07 Å². The molecule has 2 aromatic rings. The van der Waals surface area contributed by atoms with Crippen molar-refractivity contribution in [3.8, 4) is 11.4 Å². The van der Waals surface area contributed by atoms with E-state index >= 15 is 0 Å². The number of hydrogen-bond donors (Lipinski definition) is 1. The molecule has 3 aliphatic rings. The maximum absolute atomic E-state index is 12.6. The molecule has 1 saturated carbocycles. The van der Waals surface area contributed by atoms with E-state index < -0.39 is 0 Å². The first-order chi connectivity index (χ1) is 11.2. The summed E-state index contributed by atoms with van der Waals surface area (Å²) in [7, 11) is 1.95. The van der Waals surface area contributed by atoms with E-state index in [0.717, 1.165) is 36.7 Å². The van der Waals surface area contributed by atoms with Crippen LogP contribution in [0.15, 0.2) is 16.9 Å². The van der Waals surface area contributed by atoms with Crippen molar-refractivity contribution < 1.29 is 0 Å². The Morgan fingerprint density at radius 1 is 1.22 bits per heavy atom. The van der Waals surface area contributed by atoms with Crippen molar-refractivity contribution >= 4 is 0 Å². The van der Waals surface area contributed by atoms with Gasteiger partial charge in [0.2, 0.25) is 0 Å². The molecule has 2 bridgehead atoms. The summed E-state index contributed by atoms with van der Waals surface area (Å²) in [6.45, 7) is 2.82. The Kier molecular flexibility index (Phi) is 2.80. The molecule has 6 nitrogen and oxygen atoms in total. The quantitative estimate of drug-likeness (QED) is 0.906. The molecule has 2 atom stereocenters. The van der Waals surface area contributed by atoms with Crippen LogP contribution in [-0.4, -0.2) is 32.4 Å². The van der Waals surface area contributed by atoms with E-state index in [-0.39, 0.29) is 5.56 Å². The summed E-state index contributed by atoms with van der Waals surface area (Å²) in [5, 5.41) is 8.05. The Morgan fingerprint density at radius 3 is 2.91 bits per heavy atom. The van der Waals surface area contributed by atoms with E-state index in [1.807, 2.05) is 16.3 Å². The molecule has 0 spiro atoms. The van der Waals surface area contributed by atoms with Gasteiger partial charge in [-0.25, -0.2) is 4.98 Å². The van der Waals surface area contributed by atoms with Crippen molar-refractivity contribution in [3.63, 3.8) is 0 Å². The monoisotopic (exact) mass is 311 g/mol. The number of aromatic nitrogens is 4. The Balaban J connectivity index is 1.61. The van der Waals surface area contributed by atoms with E-state index in [2.05, 4.69) is 16.5 Å². The zero-order valence-corrected chi connectivity index (χ0v) is 13.3. The third-order valence-corrected chi connectivity index (χ3v) is 5.46. The second kappa shape index (κ2) is 4.77. The fourth-order valence-electron chi connectivity index (χ4n) is 4.15. The number of aryl methyl sites for hydroxylation is 1. The molecule has 0 unspecified atom stereocenters. The summed E-state index contributed by atoms with van der Waals surface area (Å²) in [4.78, 5) is 17.3. The number of piperidine rings is 1. The highest BCUT2D eigenvalue weighted by molar-refractivity contribution is 5.55. The first-order valence-electron chi connectivity index (χ1n) is 8.56. The molecule has 2 aliphatic heterocycles. The largest absolute Gasteiger partial charge is 0.316 e. The third-order valence-electron chi connectivity index (χ3n) is 5.46. The van der Waals surface area contributed by atoms with E-state index in [1.165, 1.54) is 19.3 Å². The lowest BCUT2D eigenvalue weighted by molar-refractivity contribution is 0.257. The van der Waals surface area contributed by atoms with E-state index in [9.17, 15) is 4.79 Å². The third kappa shape index (κ3) is 2.16. The Labute approximate surface area is 134 Å². The molecule has 1 aliphatic carbocycles. The molecule has 120 valence electrons. The van der Waals surface area contributed by atoms with E-state index in [0.29, 0.717) is 23.6 Å². The first kappa shape index (κ1) is 13.5. The molecule has 4 heterocycles. The normalized spacial score (nSPS) is 26.1. The van der Waals surface area contributed by atoms with Gasteiger partial charge in [0, 0.05) is 49.3 Å². The van der Waals surface area contributed by atoms with Crippen LogP contribution in [0.25, 0.3) is 11.4 Å². The van der Waals surface area contributed by atoms with Gasteiger partial charge in [-0.05, 0) is 37.8 Å². The number of nitrogens with one attached hydrogen (secondary N) is 1. The van der Waals surface area contributed by atoms with Crippen LogP contribution in [0.2, 0.25) is 0 Å². The molecule has 5 rings (SSSR count). The van der Waals surface area contributed by atoms with Crippen molar-refractivity contribution in [1.29, 1.82) is 0 Å². The number of rotatable bonds is 2. The molecule has 2 fully saturated rings. The van der Waals surface area contributed by atoms with Crippen LogP contribution in [0.1, 0.15) is 42.6 Å². The average Bonchev–Trinajstić information content (AvgIpc) is 3.31. The van der Waals surface area contributed by atoms with Crippen LogP contribution >= 0.6 is 0 Å². The van der Waals surface area contributed by atoms with Crippen LogP contribution in [0.4, 0.5) is 0 Å². The molecular formula is C17H21N5O. The Hall–Kier alpha value is -1.95. The molecule has 0 amide bonds. The van der Waals surface area contributed by atoms with Gasteiger partial charge in [0.25, 0.3) is 5.56 Å². The molecule has 2 aromatic heterocycles. The van der Waals surface area contributed by atoms with Crippen molar-refractivity contribution in [3.05, 3.63) is 34.0 Å². The predicted octanol–water partition coefficient (Wildman–Crippen LogP) is 1.23. The zero-order chi connectivity index (χ0) is 15.6. The van der Waals surface area contributed by atoms with Gasteiger partial charge in [-0.15, -0.1) is 0 Å². The number of nitrogens with zero attached hydrogens (tertiary/aromatic N) is 4. The molecule has 1 N–H and O–H groups in total. The van der Waals surface area contributed by atoms with Gasteiger partial charge < -0.3 is 9.88 Å². The molecule has 0 radical (unpaired) electrons. The van der Waals surface area contributed by atoms with Gasteiger partial charge >= 0.3 is 0 Å². The standard InChI is InChI=1S/C17H21N5O/c1-21-17(11-2-3-11)19-16(20-21)12-5-14-13-4-10(7-18-8-13)9-22(14)15(23)6-12/h5-6,10-11,13,18H,2-4,7-9H2,1H3/t10-,13+/m0/s1. The summed E-state index contributed by atoms with van der Waals surface area (Å²) in [6.07, 6.45) is 3.58. The summed E-state index contributed by atoms with van der Waals surface area (Å²) in [6, 6.07) is 3.85. The second-order valence-electron chi connectivity index (χ2n) is 7.27. The lowest BCUT2D eigenvalue weighted by Crippen LogP contribution is -2.44. The van der Waals surface area contributed by atoms with Crippen molar-refractivity contribution in [2.45, 2.75) is 37.6 Å². The summed E-state index contributed by atoms with van der Waals surface area (Å²) in [5.41, 5.74) is 2.11. The van der Waals surface area contributed by atoms with Crippen molar-refractivity contribution in [2.75, 3.05) is 13.1 Å². The number of pyridine rings is 1. The number of fused-ring (bicyclic) bond motifs is 4. The summed E-state index contributed by atoms with van der Waals surface area (Å²) < 4.78 is 3.84. The first-order valence-corrected chi connectivity index (χ1v) is 8.56. The maximum atomic E-state index is 12.6. The number of hydrogen-bond acceptors (Lipinski definition) is 4. The molecule has 23 heavy (non-hydrogen) atoms. The van der Waals surface area contributed by atoms with Crippen LogP contribution in [0, 0.1) is 5.92 Å². The average molecular weight is 311 g/mol. The van der Waals surface area contributed by atoms with Gasteiger partial charge in [0.1, 0.15) is 5.82 Å². The minimum atomic E-state index is 0.0922. The fourth-order valence-corrected chi connectivity index (χ4v) is 4.15. The molecule has 1 saturated heterocycles. The minimum Gasteiger partial charge on any atom is -0.316 e. The fraction of sp³-hybridized carbons (Fsp3) is 0.588. The van der Waals surface area contributed by atoms with Crippen molar-refractivity contribution in [1.82, 2.24) is 24.6 Å². The predicted molar refractivity (Wildman–Crippen MR) is 86.4 cm³/mol. The highest BCUT2D eigenvalue weighted by Gasteiger charge is 2.32. The minimum absolute atomic E-state index is 0.0922.